The summed E-state index contributed by atoms with van der Waals surface area (Å²) in [5.74, 6) is -0.343. The number of hydrogen-bond acceptors (Lipinski definition) is 7. The van der Waals surface area contributed by atoms with Crippen molar-refractivity contribution in [3.63, 3.8) is 0 Å². The van der Waals surface area contributed by atoms with Crippen LogP contribution < -0.4 is 14.9 Å². The first-order chi connectivity index (χ1) is 17.0. The summed E-state index contributed by atoms with van der Waals surface area (Å²) < 4.78 is 17.3. The Bertz CT molecular complexity index is 1570. The largest absolute Gasteiger partial charge is 0.493 e. The Morgan fingerprint density at radius 3 is 2.63 bits per heavy atom. The molecule has 174 valence electrons. The summed E-state index contributed by atoms with van der Waals surface area (Å²) in [5, 5.41) is 5.96. The molecule has 0 atom stereocenters. The molecular formula is C26H17ClN2O5S. The molecule has 0 saturated carbocycles. The number of furan rings is 1. The normalized spacial score (nSPS) is 11.3. The number of nitrogens with zero attached hydrogens (tertiary/aromatic N) is 1. The molecule has 0 unspecified atom stereocenters. The minimum atomic E-state index is -0.575. The molecule has 2 heterocycles. The van der Waals surface area contributed by atoms with Crippen LogP contribution >= 0.6 is 22.9 Å². The molecule has 9 heteroatoms. The summed E-state index contributed by atoms with van der Waals surface area (Å²) in [6.45, 7) is 0. The van der Waals surface area contributed by atoms with Crippen LogP contribution in [0.2, 0.25) is 5.02 Å². The number of amides is 1. The number of ether oxygens (including phenoxy) is 2. The van der Waals surface area contributed by atoms with E-state index in [1.807, 2.05) is 42.5 Å². The first-order valence-electron chi connectivity index (χ1n) is 10.4. The second-order valence-electron chi connectivity index (χ2n) is 7.39. The van der Waals surface area contributed by atoms with Crippen molar-refractivity contribution in [1.82, 2.24) is 5.43 Å². The van der Waals surface area contributed by atoms with E-state index in [2.05, 4.69) is 10.5 Å². The maximum Gasteiger partial charge on any atom is 0.355 e. The Morgan fingerprint density at radius 1 is 1.03 bits per heavy atom. The van der Waals surface area contributed by atoms with Crippen molar-refractivity contribution in [2.75, 3.05) is 7.11 Å². The number of fused-ring (bicyclic) bond motifs is 2. The van der Waals surface area contributed by atoms with E-state index in [4.69, 9.17) is 25.5 Å². The summed E-state index contributed by atoms with van der Waals surface area (Å²) in [4.78, 5) is 25.4. The van der Waals surface area contributed by atoms with E-state index in [0.29, 0.717) is 26.8 Å². The fourth-order valence-electron chi connectivity index (χ4n) is 3.45. The summed E-state index contributed by atoms with van der Waals surface area (Å²) in [5.41, 5.74) is 3.67. The molecule has 0 aliphatic carbocycles. The molecule has 0 aliphatic rings. The molecule has 5 aromatic rings. The molecule has 35 heavy (non-hydrogen) atoms. The van der Waals surface area contributed by atoms with E-state index in [1.165, 1.54) is 24.7 Å². The zero-order valence-corrected chi connectivity index (χ0v) is 19.9. The highest BCUT2D eigenvalue weighted by atomic mass is 35.5. The van der Waals surface area contributed by atoms with E-state index in [0.717, 1.165) is 15.5 Å². The third kappa shape index (κ3) is 4.62. The number of carbonyl (C=O) groups is 2. The number of hydrazone groups is 1. The summed E-state index contributed by atoms with van der Waals surface area (Å²) in [6.07, 6.45) is 1.44. The highest BCUT2D eigenvalue weighted by Crippen LogP contribution is 2.37. The van der Waals surface area contributed by atoms with Crippen LogP contribution in [0, 0.1) is 0 Å². The maximum atomic E-state index is 12.8. The van der Waals surface area contributed by atoms with Crippen molar-refractivity contribution in [3.05, 3.63) is 94.0 Å². The van der Waals surface area contributed by atoms with Crippen molar-refractivity contribution >= 4 is 62.1 Å². The standard InChI is InChI=1S/C26H17ClN2O5S/c1-32-20-12-15(14-28-29-25(30)21-13-16-6-2-4-8-18(16)33-21)10-11-19(20)34-26(31)24-23(27)17-7-3-5-9-22(17)35-24/h2-14H,1H3,(H,29,30)/b28-14-. The zero-order valence-electron chi connectivity index (χ0n) is 18.3. The summed E-state index contributed by atoms with van der Waals surface area (Å²) >= 11 is 7.65. The van der Waals surface area contributed by atoms with E-state index in [9.17, 15) is 9.59 Å². The van der Waals surface area contributed by atoms with Crippen molar-refractivity contribution < 1.29 is 23.5 Å². The Labute approximate surface area is 208 Å². The molecule has 0 spiro atoms. The van der Waals surface area contributed by atoms with Gasteiger partial charge in [0.25, 0.3) is 0 Å². The molecule has 0 bridgehead atoms. The number of halogens is 1. The summed E-state index contributed by atoms with van der Waals surface area (Å²) in [6, 6.07) is 21.4. The van der Waals surface area contributed by atoms with Crippen LogP contribution in [0.1, 0.15) is 25.8 Å². The number of nitrogens with one attached hydrogen (secondary N) is 1. The minimum Gasteiger partial charge on any atom is -0.493 e. The van der Waals surface area contributed by atoms with Crippen LogP contribution in [0.25, 0.3) is 21.1 Å². The Kier molecular flexibility index (Phi) is 6.22. The van der Waals surface area contributed by atoms with Gasteiger partial charge < -0.3 is 13.9 Å². The van der Waals surface area contributed by atoms with Gasteiger partial charge in [0.2, 0.25) is 0 Å². The predicted molar refractivity (Wildman–Crippen MR) is 136 cm³/mol. The molecule has 2 aromatic heterocycles. The molecule has 1 amide bonds. The van der Waals surface area contributed by atoms with Gasteiger partial charge in [-0.25, -0.2) is 10.2 Å². The van der Waals surface area contributed by atoms with Gasteiger partial charge >= 0.3 is 11.9 Å². The first kappa shape index (κ1) is 22.6. The van der Waals surface area contributed by atoms with E-state index < -0.39 is 11.9 Å². The lowest BCUT2D eigenvalue weighted by molar-refractivity contribution is 0.0734. The van der Waals surface area contributed by atoms with Crippen LogP contribution in [0.4, 0.5) is 0 Å². The second-order valence-corrected chi connectivity index (χ2v) is 8.82. The van der Waals surface area contributed by atoms with Gasteiger partial charge in [0.05, 0.1) is 18.3 Å². The van der Waals surface area contributed by atoms with Gasteiger partial charge in [-0.15, -0.1) is 11.3 Å². The average molecular weight is 505 g/mol. The average Bonchev–Trinajstić information content (AvgIpc) is 3.46. The number of thiophene rings is 1. The zero-order chi connectivity index (χ0) is 24.4. The topological polar surface area (TPSA) is 90.1 Å². The lowest BCUT2D eigenvalue weighted by Crippen LogP contribution is -2.16. The monoisotopic (exact) mass is 504 g/mol. The third-order valence-corrected chi connectivity index (χ3v) is 6.80. The lowest BCUT2D eigenvalue weighted by atomic mass is 10.2. The smallest absolute Gasteiger partial charge is 0.355 e. The van der Waals surface area contributed by atoms with Crippen molar-refractivity contribution in [2.24, 2.45) is 5.10 Å². The molecular weight excluding hydrogens is 488 g/mol. The van der Waals surface area contributed by atoms with Gasteiger partial charge in [-0.05, 0) is 42.0 Å². The van der Waals surface area contributed by atoms with Crippen LogP contribution in [0.15, 0.2) is 82.3 Å². The van der Waals surface area contributed by atoms with Gasteiger partial charge in [-0.2, -0.15) is 5.10 Å². The third-order valence-electron chi connectivity index (χ3n) is 5.14. The minimum absolute atomic E-state index is 0.156. The van der Waals surface area contributed by atoms with Crippen LogP contribution in [-0.4, -0.2) is 25.2 Å². The van der Waals surface area contributed by atoms with E-state index in [1.54, 1.807) is 30.3 Å². The number of methoxy groups -OCH3 is 1. The van der Waals surface area contributed by atoms with Gasteiger partial charge in [-0.1, -0.05) is 48.0 Å². The first-order valence-corrected chi connectivity index (χ1v) is 11.6. The molecule has 7 nitrogen and oxygen atoms in total. The number of esters is 1. The Morgan fingerprint density at radius 2 is 1.83 bits per heavy atom. The fourth-order valence-corrected chi connectivity index (χ4v) is 4.84. The maximum absolute atomic E-state index is 12.8. The number of para-hydroxylation sites is 1. The highest BCUT2D eigenvalue weighted by Gasteiger charge is 2.20. The number of rotatable bonds is 6. The Balaban J connectivity index is 1.28. The fraction of sp³-hybridized carbons (Fsp3) is 0.0385. The second kappa shape index (κ2) is 9.61. The number of carbonyl (C=O) groups excluding carboxylic acids is 2. The molecule has 0 radical (unpaired) electrons. The predicted octanol–water partition coefficient (Wildman–Crippen LogP) is 6.29. The van der Waals surface area contributed by atoms with Crippen LogP contribution in [-0.2, 0) is 0 Å². The van der Waals surface area contributed by atoms with Gasteiger partial charge in [0.15, 0.2) is 17.3 Å². The number of hydrogen-bond donors (Lipinski definition) is 1. The molecule has 5 rings (SSSR count). The Hall–Kier alpha value is -4.14. The highest BCUT2D eigenvalue weighted by molar-refractivity contribution is 7.21. The molecule has 0 saturated heterocycles. The summed E-state index contributed by atoms with van der Waals surface area (Å²) in [7, 11) is 1.46. The molecule has 0 aliphatic heterocycles. The van der Waals surface area contributed by atoms with Crippen molar-refractivity contribution in [3.8, 4) is 11.5 Å². The quantitative estimate of drug-likeness (QED) is 0.127. The van der Waals surface area contributed by atoms with Gasteiger partial charge in [0.1, 0.15) is 10.5 Å². The molecule has 0 fully saturated rings. The molecule has 1 N–H and O–H groups in total. The van der Waals surface area contributed by atoms with Gasteiger partial charge in [0, 0.05) is 15.5 Å². The lowest BCUT2D eigenvalue weighted by Gasteiger charge is -2.09. The van der Waals surface area contributed by atoms with E-state index >= 15 is 0 Å². The van der Waals surface area contributed by atoms with Crippen molar-refractivity contribution in [2.45, 2.75) is 0 Å². The van der Waals surface area contributed by atoms with Crippen LogP contribution in [0.5, 0.6) is 11.5 Å². The number of benzene rings is 3. The SMILES string of the molecule is COc1cc(/C=N\NC(=O)c2cc3ccccc3o2)ccc1OC(=O)c1sc2ccccc2c1Cl. The van der Waals surface area contributed by atoms with Crippen LogP contribution in [0.3, 0.4) is 0 Å². The van der Waals surface area contributed by atoms with E-state index in [-0.39, 0.29) is 11.5 Å². The van der Waals surface area contributed by atoms with Crippen molar-refractivity contribution in [1.29, 1.82) is 0 Å². The molecule has 3 aromatic carbocycles. The van der Waals surface area contributed by atoms with Gasteiger partial charge in [-0.3, -0.25) is 4.79 Å².